The van der Waals surface area contributed by atoms with Crippen LogP contribution in [0.2, 0.25) is 0 Å². The quantitative estimate of drug-likeness (QED) is 0.0265. The number of nitrogens with one attached hydrogen (secondary N) is 3. The third kappa shape index (κ3) is 12.1. The lowest BCUT2D eigenvalue weighted by atomic mass is 9.90. The molecule has 0 bridgehead atoms. The number of carbonyl (C=O) groups excluding carboxylic acids is 5. The maximum absolute atomic E-state index is 13.6. The summed E-state index contributed by atoms with van der Waals surface area (Å²) in [6, 6.07) is 16.2. The fraction of sp³-hybridized carbons (Fsp3) is 0.317. The van der Waals surface area contributed by atoms with Crippen molar-refractivity contribution in [2.24, 2.45) is 5.92 Å². The zero-order valence-corrected chi connectivity index (χ0v) is 32.2. The lowest BCUT2D eigenvalue weighted by Gasteiger charge is -2.32. The molecule has 6 N–H and O–H groups in total. The lowest BCUT2D eigenvalue weighted by Crippen LogP contribution is -2.49. The van der Waals surface area contributed by atoms with Crippen LogP contribution in [0, 0.1) is 5.92 Å². The Balaban J connectivity index is 1.44. The summed E-state index contributed by atoms with van der Waals surface area (Å²) in [5.74, 6) is -8.77. The molecule has 0 radical (unpaired) electrons. The van der Waals surface area contributed by atoms with Crippen molar-refractivity contribution in [3.8, 4) is 17.1 Å². The number of hydrogen-bond acceptors (Lipinski definition) is 11. The summed E-state index contributed by atoms with van der Waals surface area (Å²) in [5, 5.41) is 37.0. The van der Waals surface area contributed by atoms with E-state index in [4.69, 9.17) is 24.2 Å². The summed E-state index contributed by atoms with van der Waals surface area (Å²) < 4.78 is 10.9. The van der Waals surface area contributed by atoms with Crippen molar-refractivity contribution in [3.63, 3.8) is 0 Å². The van der Waals surface area contributed by atoms with E-state index in [1.807, 2.05) is 25.1 Å². The van der Waals surface area contributed by atoms with Gasteiger partial charge in [-0.05, 0) is 53.9 Å². The molecule has 2 unspecified atom stereocenters. The lowest BCUT2D eigenvalue weighted by molar-refractivity contribution is -0.171. The fourth-order valence-corrected chi connectivity index (χ4v) is 6.25. The monoisotopic (exact) mass is 816 g/mol. The number of ether oxygens (including phenoxy) is 1. The first-order valence-electron chi connectivity index (χ1n) is 18.6. The van der Waals surface area contributed by atoms with Gasteiger partial charge in [0.25, 0.3) is 11.8 Å². The Morgan fingerprint density at radius 2 is 1.58 bits per heavy atom. The highest BCUT2D eigenvalue weighted by molar-refractivity contribution is 6.04. The molecule has 1 heterocycles. The minimum atomic E-state index is -1.79. The number of carboxylic acids is 3. The maximum atomic E-state index is 13.6. The Bertz CT molecular complexity index is 2180. The van der Waals surface area contributed by atoms with Crippen molar-refractivity contribution in [1.29, 1.82) is 0 Å². The van der Waals surface area contributed by atoms with Crippen LogP contribution in [0.4, 0.5) is 0 Å². The van der Waals surface area contributed by atoms with Crippen molar-refractivity contribution in [2.75, 3.05) is 13.3 Å². The molecule has 0 aliphatic carbocycles. The Morgan fingerprint density at radius 1 is 0.831 bits per heavy atom. The standard InChI is InChI=1S/C41H44N4O14/c1-3-5-6-13-28(31(4-2)45(23-46)59-41(56)27-14-9-11-24-10-7-8-12-26(24)27)37(51)42-22-43-39(53)33-18-17-32(58-33)25-15-16-29(34(19-25)57-21-36(49)50)38(52)44-30(40(54)55)20-35(47)48/h7-12,14-19,23,28,30-31H,3-6,13,20-22H2,1-2H3,(H,42,51)(H,43,53)(H,44,52)(H,47,48)(H,49,50)(H,54,55)/t28?,30?,31-/m1/s1. The van der Waals surface area contributed by atoms with Gasteiger partial charge >= 0.3 is 23.9 Å². The molecule has 0 saturated carbocycles. The first-order chi connectivity index (χ1) is 28.3. The number of rotatable bonds is 23. The first kappa shape index (κ1) is 44.5. The number of hydroxylamine groups is 2. The van der Waals surface area contributed by atoms with Crippen LogP contribution in [0.25, 0.3) is 22.1 Å². The Labute approximate surface area is 337 Å². The molecule has 1 aromatic heterocycles. The van der Waals surface area contributed by atoms with Crippen molar-refractivity contribution in [3.05, 3.63) is 89.7 Å². The number of carbonyl (C=O) groups is 8. The number of nitrogens with zero attached hydrogens (tertiary/aromatic N) is 1. The van der Waals surface area contributed by atoms with Gasteiger partial charge in [0, 0.05) is 5.56 Å². The van der Waals surface area contributed by atoms with Gasteiger partial charge in [-0.15, -0.1) is 0 Å². The van der Waals surface area contributed by atoms with E-state index in [9.17, 15) is 43.5 Å². The maximum Gasteiger partial charge on any atom is 0.363 e. The van der Waals surface area contributed by atoms with Crippen LogP contribution in [0.1, 0.15) is 83.6 Å². The van der Waals surface area contributed by atoms with Crippen LogP contribution in [0.3, 0.4) is 0 Å². The molecule has 0 aliphatic rings. The number of amides is 4. The summed E-state index contributed by atoms with van der Waals surface area (Å²) >= 11 is 0. The second-order valence-corrected chi connectivity index (χ2v) is 13.2. The van der Waals surface area contributed by atoms with Crippen LogP contribution in [0.5, 0.6) is 5.75 Å². The van der Waals surface area contributed by atoms with Gasteiger partial charge in [0.2, 0.25) is 12.3 Å². The first-order valence-corrected chi connectivity index (χ1v) is 18.6. The average molecular weight is 817 g/mol. The third-order valence-electron chi connectivity index (χ3n) is 9.15. The SMILES string of the molecule is CCCCCC(C(=O)NCNC(=O)c1ccc(-c2ccc(C(=O)NC(CC(=O)O)C(=O)O)c(OCC(=O)O)c2)o1)[C@@H](CC)N(C=O)OC(=O)c1cccc2ccccc12. The minimum Gasteiger partial charge on any atom is -0.481 e. The number of aliphatic carboxylic acids is 3. The van der Waals surface area contributed by atoms with E-state index in [1.165, 1.54) is 30.3 Å². The summed E-state index contributed by atoms with van der Waals surface area (Å²) in [6.07, 6.45) is 2.36. The van der Waals surface area contributed by atoms with Gasteiger partial charge in [0.05, 0.1) is 36.2 Å². The van der Waals surface area contributed by atoms with Crippen molar-refractivity contribution >= 4 is 58.8 Å². The molecule has 0 fully saturated rings. The van der Waals surface area contributed by atoms with Crippen LogP contribution < -0.4 is 20.7 Å². The van der Waals surface area contributed by atoms with E-state index in [2.05, 4.69) is 16.0 Å². The van der Waals surface area contributed by atoms with E-state index >= 15 is 0 Å². The van der Waals surface area contributed by atoms with Crippen LogP contribution in [0.15, 0.2) is 77.2 Å². The van der Waals surface area contributed by atoms with E-state index < -0.39 is 72.6 Å². The van der Waals surface area contributed by atoms with Gasteiger partial charge < -0.3 is 45.3 Å². The Morgan fingerprint density at radius 3 is 2.25 bits per heavy atom. The average Bonchev–Trinajstić information content (AvgIpc) is 3.72. The largest absolute Gasteiger partial charge is 0.481 e. The Hall–Kier alpha value is -7.24. The fourth-order valence-electron chi connectivity index (χ4n) is 6.25. The predicted molar refractivity (Wildman–Crippen MR) is 208 cm³/mol. The Kier molecular flexibility index (Phi) is 16.1. The number of carboxylic acid groups (broad SMARTS) is 3. The summed E-state index contributed by atoms with van der Waals surface area (Å²) in [5.41, 5.74) is 0.165. The molecule has 4 aromatic rings. The second-order valence-electron chi connectivity index (χ2n) is 13.2. The summed E-state index contributed by atoms with van der Waals surface area (Å²) in [4.78, 5) is 105. The second kappa shape index (κ2) is 21.3. The topological polar surface area (TPSA) is 268 Å². The van der Waals surface area contributed by atoms with Gasteiger partial charge in [-0.3, -0.25) is 24.0 Å². The van der Waals surface area contributed by atoms with Gasteiger partial charge in [-0.2, -0.15) is 5.06 Å². The summed E-state index contributed by atoms with van der Waals surface area (Å²) in [6.45, 7) is 2.52. The highest BCUT2D eigenvalue weighted by atomic mass is 16.7. The van der Waals surface area contributed by atoms with E-state index in [0.29, 0.717) is 24.6 Å². The molecule has 0 saturated heterocycles. The molecule has 3 atom stereocenters. The highest BCUT2D eigenvalue weighted by Crippen LogP contribution is 2.30. The number of furan rings is 1. The number of fused-ring (bicyclic) bond motifs is 1. The predicted octanol–water partition coefficient (Wildman–Crippen LogP) is 4.23. The van der Waals surface area contributed by atoms with Crippen molar-refractivity contribution < 1.29 is 67.7 Å². The number of benzene rings is 3. The van der Waals surface area contributed by atoms with E-state index in [-0.39, 0.29) is 47.0 Å². The molecule has 18 heteroatoms. The normalized spacial score (nSPS) is 12.3. The van der Waals surface area contributed by atoms with Crippen molar-refractivity contribution in [1.82, 2.24) is 21.0 Å². The molecule has 0 spiro atoms. The molecule has 312 valence electrons. The van der Waals surface area contributed by atoms with E-state index in [0.717, 1.165) is 23.3 Å². The van der Waals surface area contributed by atoms with Crippen LogP contribution >= 0.6 is 0 Å². The molecule has 0 aliphatic heterocycles. The van der Waals surface area contributed by atoms with Gasteiger partial charge in [0.15, 0.2) is 12.4 Å². The molecule has 4 amide bonds. The summed E-state index contributed by atoms with van der Waals surface area (Å²) in [7, 11) is 0. The zero-order valence-electron chi connectivity index (χ0n) is 32.2. The molecule has 3 aromatic carbocycles. The molecule has 4 rings (SSSR count). The zero-order chi connectivity index (χ0) is 43.1. The smallest absolute Gasteiger partial charge is 0.363 e. The van der Waals surface area contributed by atoms with Crippen LogP contribution in [-0.2, 0) is 28.8 Å². The van der Waals surface area contributed by atoms with Gasteiger partial charge in [0.1, 0.15) is 17.6 Å². The van der Waals surface area contributed by atoms with Crippen LogP contribution in [-0.4, -0.2) is 93.8 Å². The van der Waals surface area contributed by atoms with E-state index in [1.54, 1.807) is 31.2 Å². The number of hydrogen-bond donors (Lipinski definition) is 6. The third-order valence-corrected chi connectivity index (χ3v) is 9.15. The van der Waals surface area contributed by atoms with Crippen molar-refractivity contribution in [2.45, 2.75) is 64.5 Å². The molecule has 59 heavy (non-hydrogen) atoms. The molecule has 18 nitrogen and oxygen atoms in total. The van der Waals surface area contributed by atoms with Gasteiger partial charge in [-0.1, -0.05) is 75.6 Å². The molecular weight excluding hydrogens is 772 g/mol. The highest BCUT2D eigenvalue weighted by Gasteiger charge is 2.34. The number of unbranched alkanes of at least 4 members (excludes halogenated alkanes) is 2. The van der Waals surface area contributed by atoms with Gasteiger partial charge in [-0.25, -0.2) is 14.4 Å². The minimum absolute atomic E-state index is 0.0781. The molecular formula is C41H44N4O14.